The van der Waals surface area contributed by atoms with Gasteiger partial charge in [0.25, 0.3) is 5.91 Å². The van der Waals surface area contributed by atoms with E-state index in [9.17, 15) is 14.4 Å². The maximum Gasteiger partial charge on any atom is 0.338 e. The second kappa shape index (κ2) is 8.95. The lowest BCUT2D eigenvalue weighted by Gasteiger charge is -2.15. The fourth-order valence-corrected chi connectivity index (χ4v) is 3.67. The van der Waals surface area contributed by atoms with Crippen LogP contribution in [0.4, 0.5) is 5.69 Å². The highest BCUT2D eigenvalue weighted by Gasteiger charge is 2.42. The second-order valence-electron chi connectivity index (χ2n) is 7.03. The van der Waals surface area contributed by atoms with E-state index in [-0.39, 0.29) is 24.3 Å². The van der Waals surface area contributed by atoms with Gasteiger partial charge in [-0.2, -0.15) is 0 Å². The zero-order valence-electron chi connectivity index (χ0n) is 15.8. The molecule has 144 valence electrons. The summed E-state index contributed by atoms with van der Waals surface area (Å²) in [6.45, 7) is 2.87. The zero-order valence-corrected chi connectivity index (χ0v) is 15.8. The number of nitrogens with zero attached hydrogens (tertiary/aromatic N) is 1. The lowest BCUT2D eigenvalue weighted by molar-refractivity contribution is -0.674. The van der Waals surface area contributed by atoms with Gasteiger partial charge in [0.1, 0.15) is 0 Å². The van der Waals surface area contributed by atoms with Crippen LogP contribution in [0.25, 0.3) is 0 Å². The van der Waals surface area contributed by atoms with Gasteiger partial charge in [-0.1, -0.05) is 11.6 Å². The van der Waals surface area contributed by atoms with E-state index in [2.05, 4.69) is 6.08 Å². The molecule has 1 aliphatic heterocycles. The molecular formula is C21H27N2O4+. The molecule has 0 aromatic heterocycles. The second-order valence-corrected chi connectivity index (χ2v) is 7.03. The summed E-state index contributed by atoms with van der Waals surface area (Å²) in [5.74, 6) is -0.783. The van der Waals surface area contributed by atoms with Gasteiger partial charge in [-0.3, -0.25) is 9.59 Å². The summed E-state index contributed by atoms with van der Waals surface area (Å²) >= 11 is 0. The number of amides is 2. The monoisotopic (exact) mass is 371 g/mol. The van der Waals surface area contributed by atoms with Crippen LogP contribution in [0.3, 0.4) is 0 Å². The number of hydrogen-bond donors (Lipinski definition) is 1. The Labute approximate surface area is 159 Å². The minimum atomic E-state index is -0.411. The number of carbonyl (C=O) groups excluding carboxylic acids is 3. The third kappa shape index (κ3) is 4.63. The van der Waals surface area contributed by atoms with Gasteiger partial charge in [0.2, 0.25) is 5.91 Å². The van der Waals surface area contributed by atoms with Crippen LogP contribution in [0.15, 0.2) is 35.9 Å². The van der Waals surface area contributed by atoms with E-state index >= 15 is 0 Å². The molecule has 0 radical (unpaired) electrons. The first-order chi connectivity index (χ1) is 13.1. The van der Waals surface area contributed by atoms with Crippen molar-refractivity contribution in [1.82, 2.24) is 0 Å². The summed E-state index contributed by atoms with van der Waals surface area (Å²) in [6, 6.07) is 6.06. The summed E-state index contributed by atoms with van der Waals surface area (Å²) in [5, 5.41) is 1.99. The van der Waals surface area contributed by atoms with E-state index in [1.54, 1.807) is 31.2 Å². The molecule has 27 heavy (non-hydrogen) atoms. The van der Waals surface area contributed by atoms with Gasteiger partial charge in [0.15, 0.2) is 6.04 Å². The number of imide groups is 1. The highest BCUT2D eigenvalue weighted by Crippen LogP contribution is 2.23. The van der Waals surface area contributed by atoms with Crippen LogP contribution in [-0.4, -0.2) is 37.0 Å². The van der Waals surface area contributed by atoms with Crippen molar-refractivity contribution < 1.29 is 24.4 Å². The Hall–Kier alpha value is -2.47. The fraction of sp³-hybridized carbons (Fsp3) is 0.476. The van der Waals surface area contributed by atoms with Crippen LogP contribution in [0.1, 0.15) is 55.8 Å². The van der Waals surface area contributed by atoms with Crippen molar-refractivity contribution >= 4 is 23.5 Å². The van der Waals surface area contributed by atoms with E-state index in [0.717, 1.165) is 25.8 Å². The molecule has 2 N–H and O–H groups in total. The lowest BCUT2D eigenvalue weighted by atomic mass is 9.97. The number of anilines is 1. The summed E-state index contributed by atoms with van der Waals surface area (Å²) in [5.41, 5.74) is 2.38. The van der Waals surface area contributed by atoms with E-state index in [1.807, 2.05) is 5.32 Å². The number of nitrogens with two attached hydrogens (primary N) is 1. The molecule has 1 aliphatic carbocycles. The molecule has 2 aliphatic rings. The third-order valence-electron chi connectivity index (χ3n) is 5.12. The van der Waals surface area contributed by atoms with Gasteiger partial charge in [0.05, 0.1) is 30.8 Å². The third-order valence-corrected chi connectivity index (χ3v) is 5.12. The molecule has 0 saturated carbocycles. The predicted molar refractivity (Wildman–Crippen MR) is 101 cm³/mol. The number of esters is 1. The molecule has 3 rings (SSSR count). The first-order valence-corrected chi connectivity index (χ1v) is 9.75. The van der Waals surface area contributed by atoms with E-state index in [1.165, 1.54) is 23.3 Å². The molecular weight excluding hydrogens is 344 g/mol. The maximum atomic E-state index is 12.7. The number of ether oxygens (including phenoxy) is 1. The molecule has 6 heteroatoms. The normalized spacial score (nSPS) is 20.0. The van der Waals surface area contributed by atoms with Crippen molar-refractivity contribution in [3.8, 4) is 0 Å². The number of carbonyl (C=O) groups is 3. The van der Waals surface area contributed by atoms with Crippen LogP contribution in [0.2, 0.25) is 0 Å². The number of quaternary nitrogens is 1. The molecule has 1 aromatic rings. The van der Waals surface area contributed by atoms with Crippen LogP contribution >= 0.6 is 0 Å². The Balaban J connectivity index is 1.58. The van der Waals surface area contributed by atoms with Crippen molar-refractivity contribution in [1.29, 1.82) is 0 Å². The molecule has 0 unspecified atom stereocenters. The van der Waals surface area contributed by atoms with Crippen molar-refractivity contribution in [2.75, 3.05) is 18.1 Å². The van der Waals surface area contributed by atoms with Crippen LogP contribution in [0, 0.1) is 0 Å². The molecule has 1 saturated heterocycles. The zero-order chi connectivity index (χ0) is 19.2. The number of benzene rings is 1. The first kappa shape index (κ1) is 19.3. The smallest absolute Gasteiger partial charge is 0.338 e. The fourth-order valence-electron chi connectivity index (χ4n) is 3.67. The molecule has 1 aromatic carbocycles. The molecule has 1 fully saturated rings. The lowest BCUT2D eigenvalue weighted by Crippen LogP contribution is -2.91. The van der Waals surface area contributed by atoms with E-state index < -0.39 is 5.97 Å². The summed E-state index contributed by atoms with van der Waals surface area (Å²) in [4.78, 5) is 38.0. The molecule has 1 heterocycles. The van der Waals surface area contributed by atoms with Gasteiger partial charge in [-0.25, -0.2) is 9.69 Å². The largest absolute Gasteiger partial charge is 0.462 e. The topological polar surface area (TPSA) is 80.3 Å². The average Bonchev–Trinajstić information content (AvgIpc) is 2.96. The van der Waals surface area contributed by atoms with Crippen molar-refractivity contribution in [2.45, 2.75) is 51.5 Å². The first-order valence-electron chi connectivity index (χ1n) is 9.75. The Morgan fingerprint density at radius 3 is 2.67 bits per heavy atom. The van der Waals surface area contributed by atoms with Crippen molar-refractivity contribution in [3.63, 3.8) is 0 Å². The minimum Gasteiger partial charge on any atom is -0.462 e. The van der Waals surface area contributed by atoms with Gasteiger partial charge in [-0.15, -0.1) is 0 Å². The number of allylic oxidation sites excluding steroid dienone is 1. The van der Waals surface area contributed by atoms with Gasteiger partial charge in [-0.05, 0) is 56.9 Å². The molecule has 1 atom stereocenters. The van der Waals surface area contributed by atoms with Gasteiger partial charge in [0, 0.05) is 6.42 Å². The number of rotatable bonds is 7. The molecule has 0 spiro atoms. The van der Waals surface area contributed by atoms with E-state index in [4.69, 9.17) is 4.74 Å². The van der Waals surface area contributed by atoms with Crippen LogP contribution in [-0.2, 0) is 14.3 Å². The van der Waals surface area contributed by atoms with Crippen LogP contribution < -0.4 is 10.2 Å². The molecule has 6 nitrogen and oxygen atoms in total. The average molecular weight is 371 g/mol. The Kier molecular flexibility index (Phi) is 6.40. The quantitative estimate of drug-likeness (QED) is 0.451. The highest BCUT2D eigenvalue weighted by molar-refractivity contribution is 6.21. The predicted octanol–water partition coefficient (Wildman–Crippen LogP) is 1.95. The summed E-state index contributed by atoms with van der Waals surface area (Å²) in [6.07, 6.45) is 8.35. The minimum absolute atomic E-state index is 0.179. The maximum absolute atomic E-state index is 12.7. The van der Waals surface area contributed by atoms with E-state index in [0.29, 0.717) is 17.9 Å². The Morgan fingerprint density at radius 1 is 1.22 bits per heavy atom. The Morgan fingerprint density at radius 2 is 2.00 bits per heavy atom. The molecule has 2 amide bonds. The standard InChI is InChI=1S/C21H26N2O4/c1-2-27-21(26)16-8-10-17(11-9-16)23-19(24)14-18(20(23)25)22-13-12-15-6-4-3-5-7-15/h6,8-11,18,22H,2-5,7,12-14H2,1H3/p+1/t18-/m0/s1. The van der Waals surface area contributed by atoms with Crippen molar-refractivity contribution in [3.05, 3.63) is 41.5 Å². The molecule has 0 bridgehead atoms. The van der Waals surface area contributed by atoms with Gasteiger partial charge < -0.3 is 10.1 Å². The SMILES string of the molecule is CCOC(=O)c1ccc(N2C(=O)C[C@H]([NH2+]CCC3=CCCCC3)C2=O)cc1. The highest BCUT2D eigenvalue weighted by atomic mass is 16.5. The van der Waals surface area contributed by atoms with Crippen LogP contribution in [0.5, 0.6) is 0 Å². The van der Waals surface area contributed by atoms with Crippen molar-refractivity contribution in [2.24, 2.45) is 0 Å². The summed E-state index contributed by atoms with van der Waals surface area (Å²) in [7, 11) is 0. The van der Waals surface area contributed by atoms with Gasteiger partial charge >= 0.3 is 5.97 Å². The summed E-state index contributed by atoms with van der Waals surface area (Å²) < 4.78 is 4.95. The Bertz CT molecular complexity index is 739. The number of hydrogen-bond acceptors (Lipinski definition) is 4.